The number of fused-ring (bicyclic) bond motifs is 3. The van der Waals surface area contributed by atoms with Gasteiger partial charge in [0.05, 0.1) is 30.2 Å². The number of hydrogen-bond donors (Lipinski definition) is 2. The molecule has 2 N–H and O–H groups in total. The lowest BCUT2D eigenvalue weighted by Gasteiger charge is -2.33. The molecule has 2 saturated heterocycles. The lowest BCUT2D eigenvalue weighted by Crippen LogP contribution is -2.35. The van der Waals surface area contributed by atoms with Gasteiger partial charge in [-0.25, -0.2) is 4.39 Å². The molecule has 3 aromatic rings. The summed E-state index contributed by atoms with van der Waals surface area (Å²) >= 11 is 0. The summed E-state index contributed by atoms with van der Waals surface area (Å²) in [7, 11) is 0. The van der Waals surface area contributed by atoms with E-state index in [0.717, 1.165) is 42.6 Å². The number of hydrogen-bond acceptors (Lipinski definition) is 5. The first-order chi connectivity index (χ1) is 21.7. The second-order valence-corrected chi connectivity index (χ2v) is 12.8. The number of nitrogens with one attached hydrogen (secondary N) is 1. The smallest absolute Gasteiger partial charge is 0.238 e. The van der Waals surface area contributed by atoms with Crippen LogP contribution in [0.15, 0.2) is 89.5 Å². The Hall–Kier alpha value is -4.23. The highest BCUT2D eigenvalue weighted by molar-refractivity contribution is 6.22. The van der Waals surface area contributed by atoms with Crippen LogP contribution in [0.4, 0.5) is 21.5 Å². The van der Waals surface area contributed by atoms with Gasteiger partial charge in [-0.05, 0) is 91.3 Å². The maximum Gasteiger partial charge on any atom is 0.238 e. The summed E-state index contributed by atoms with van der Waals surface area (Å²) in [5.41, 5.74) is 6.82. The summed E-state index contributed by atoms with van der Waals surface area (Å²) in [6.07, 6.45) is 5.83. The van der Waals surface area contributed by atoms with Crippen molar-refractivity contribution >= 4 is 35.0 Å². The van der Waals surface area contributed by atoms with Crippen molar-refractivity contribution in [1.29, 1.82) is 0 Å². The largest absolute Gasteiger partial charge is 0.505 e. The average molecular weight is 609 g/mol. The molecule has 45 heavy (non-hydrogen) atoms. The van der Waals surface area contributed by atoms with E-state index in [9.17, 15) is 19.1 Å². The number of allylic oxidation sites excluding steroid dienone is 2. The minimum Gasteiger partial charge on any atom is -0.505 e. The Kier molecular flexibility index (Phi) is 8.90. The third-order valence-corrected chi connectivity index (χ3v) is 9.47. The molecule has 6 nitrogen and oxygen atoms in total. The Balaban J connectivity index is 1.20. The highest BCUT2D eigenvalue weighted by Gasteiger charge is 2.57. The van der Waals surface area contributed by atoms with E-state index in [0.29, 0.717) is 18.7 Å². The Labute approximate surface area is 264 Å². The molecule has 0 aromatic heterocycles. The Morgan fingerprint density at radius 3 is 2.42 bits per heavy atom. The van der Waals surface area contributed by atoms with Gasteiger partial charge in [-0.3, -0.25) is 14.5 Å². The molecule has 3 aromatic carbocycles. The van der Waals surface area contributed by atoms with Gasteiger partial charge in [-0.1, -0.05) is 68.7 Å². The van der Waals surface area contributed by atoms with Crippen molar-refractivity contribution in [2.75, 3.05) is 16.8 Å². The van der Waals surface area contributed by atoms with Gasteiger partial charge in [0.25, 0.3) is 0 Å². The fourth-order valence-corrected chi connectivity index (χ4v) is 7.35. The molecule has 7 heteroatoms. The number of para-hydroxylation sites is 1. The molecule has 3 aliphatic rings. The van der Waals surface area contributed by atoms with E-state index in [1.54, 1.807) is 6.07 Å². The summed E-state index contributed by atoms with van der Waals surface area (Å²) in [5.74, 6) is -1.92. The van der Waals surface area contributed by atoms with Crippen LogP contribution >= 0.6 is 0 Å². The first-order valence-corrected chi connectivity index (χ1v) is 16.1. The number of amides is 2. The molecule has 2 amide bonds. The van der Waals surface area contributed by atoms with Crippen LogP contribution < -0.4 is 10.2 Å². The number of rotatable bonds is 10. The Morgan fingerprint density at radius 2 is 1.73 bits per heavy atom. The predicted molar refractivity (Wildman–Crippen MR) is 176 cm³/mol. The van der Waals surface area contributed by atoms with Crippen LogP contribution in [-0.2, 0) is 14.3 Å². The third kappa shape index (κ3) is 6.19. The van der Waals surface area contributed by atoms with Gasteiger partial charge in [0, 0.05) is 17.3 Å². The fourth-order valence-electron chi connectivity index (χ4n) is 7.35. The van der Waals surface area contributed by atoms with Crippen LogP contribution in [0.3, 0.4) is 0 Å². The number of benzene rings is 3. The molecule has 0 radical (unpaired) electrons. The van der Waals surface area contributed by atoms with Gasteiger partial charge in [0.15, 0.2) is 11.6 Å². The Bertz CT molecular complexity index is 1630. The van der Waals surface area contributed by atoms with E-state index in [1.165, 1.54) is 33.8 Å². The molecular formula is C38H41FN2O4. The Morgan fingerprint density at radius 1 is 1.00 bits per heavy atom. The van der Waals surface area contributed by atoms with E-state index < -0.39 is 11.7 Å². The first-order valence-electron chi connectivity index (χ1n) is 16.1. The minimum absolute atomic E-state index is 0.114. The summed E-state index contributed by atoms with van der Waals surface area (Å²) in [5, 5.41) is 12.9. The maximum atomic E-state index is 14.0. The zero-order valence-corrected chi connectivity index (χ0v) is 26.1. The predicted octanol–water partition coefficient (Wildman–Crippen LogP) is 8.42. The molecule has 0 bridgehead atoms. The van der Waals surface area contributed by atoms with Crippen molar-refractivity contribution in [2.45, 2.75) is 59.0 Å². The van der Waals surface area contributed by atoms with Crippen molar-refractivity contribution < 1.29 is 23.8 Å². The molecule has 2 heterocycles. The van der Waals surface area contributed by atoms with E-state index in [4.69, 9.17) is 4.74 Å². The van der Waals surface area contributed by atoms with E-state index in [1.807, 2.05) is 60.7 Å². The lowest BCUT2D eigenvalue weighted by molar-refractivity contribution is -0.122. The number of halogens is 1. The number of carbonyl (C=O) groups is 2. The van der Waals surface area contributed by atoms with Crippen LogP contribution in [0.1, 0.15) is 58.4 Å². The lowest BCUT2D eigenvalue weighted by atomic mass is 9.67. The standard InChI is InChI=1S/C38H41FN2O4/c1-4-8-24(19-25-11-17-33(42)32(39)20-25)12-18-34-35-29(23(2)3)21-30-36(31(35)22-45-34)38(44)41(37(30)43)28-15-13-27(14-16-28)40-26-9-6-5-7-10-26/h5-7,9-11,13-17,19-20,23,30-31,34,36,40,42H,4,8,12,18,21-22H2,1-3H3/b24-19+/t30-,31+,34-,36-/m1/s1. The zero-order chi connectivity index (χ0) is 31.7. The van der Waals surface area contributed by atoms with Crippen molar-refractivity contribution in [1.82, 2.24) is 0 Å². The number of aromatic hydroxyl groups is 1. The normalized spacial score (nSPS) is 23.1. The van der Waals surface area contributed by atoms with Crippen molar-refractivity contribution in [3.63, 3.8) is 0 Å². The highest BCUT2D eigenvalue weighted by atomic mass is 19.1. The van der Waals surface area contributed by atoms with Crippen LogP contribution in [-0.4, -0.2) is 29.6 Å². The molecule has 1 aliphatic carbocycles. The topological polar surface area (TPSA) is 78.9 Å². The molecular weight excluding hydrogens is 567 g/mol. The molecule has 4 atom stereocenters. The molecule has 0 saturated carbocycles. The summed E-state index contributed by atoms with van der Waals surface area (Å²) in [4.78, 5) is 29.3. The molecule has 0 unspecified atom stereocenters. The quantitative estimate of drug-likeness (QED) is 0.178. The van der Waals surface area contributed by atoms with Crippen molar-refractivity contribution in [3.8, 4) is 5.75 Å². The number of ether oxygens (including phenoxy) is 1. The van der Waals surface area contributed by atoms with Crippen LogP contribution in [0, 0.1) is 29.5 Å². The monoisotopic (exact) mass is 608 g/mol. The van der Waals surface area contributed by atoms with Crippen LogP contribution in [0.2, 0.25) is 0 Å². The van der Waals surface area contributed by atoms with E-state index >= 15 is 0 Å². The van der Waals surface area contributed by atoms with E-state index in [-0.39, 0.29) is 41.4 Å². The highest BCUT2D eigenvalue weighted by Crippen LogP contribution is 2.52. The second-order valence-electron chi connectivity index (χ2n) is 12.8. The summed E-state index contributed by atoms with van der Waals surface area (Å²) in [6.45, 7) is 6.87. The molecule has 6 rings (SSSR count). The third-order valence-electron chi connectivity index (χ3n) is 9.47. The van der Waals surface area contributed by atoms with Gasteiger partial charge >= 0.3 is 0 Å². The van der Waals surface area contributed by atoms with Crippen molar-refractivity contribution in [3.05, 3.63) is 101 Å². The number of carbonyl (C=O) groups excluding carboxylic acids is 2. The van der Waals surface area contributed by atoms with Gasteiger partial charge < -0.3 is 15.2 Å². The number of imide groups is 1. The average Bonchev–Trinajstić information content (AvgIpc) is 3.56. The maximum absolute atomic E-state index is 14.0. The van der Waals surface area contributed by atoms with Crippen molar-refractivity contribution in [2.24, 2.45) is 23.7 Å². The number of nitrogens with zero attached hydrogens (tertiary/aromatic N) is 1. The number of phenols is 1. The van der Waals surface area contributed by atoms with Crippen LogP contribution in [0.25, 0.3) is 6.08 Å². The van der Waals surface area contributed by atoms with Gasteiger partial charge in [-0.15, -0.1) is 0 Å². The molecule has 2 fully saturated rings. The number of phenolic OH excluding ortho intramolecular Hbond substituents is 1. The zero-order valence-electron chi connectivity index (χ0n) is 26.1. The van der Waals surface area contributed by atoms with Gasteiger partial charge in [0.1, 0.15) is 0 Å². The fraction of sp³-hybridized carbons (Fsp3) is 0.368. The van der Waals surface area contributed by atoms with Crippen LogP contribution in [0.5, 0.6) is 5.75 Å². The minimum atomic E-state index is -0.630. The van der Waals surface area contributed by atoms with Gasteiger partial charge in [0.2, 0.25) is 11.8 Å². The molecule has 2 aliphatic heterocycles. The molecule has 234 valence electrons. The first kappa shape index (κ1) is 30.8. The second kappa shape index (κ2) is 13.0. The summed E-state index contributed by atoms with van der Waals surface area (Å²) < 4.78 is 20.4. The number of anilines is 3. The van der Waals surface area contributed by atoms with E-state index in [2.05, 4.69) is 26.1 Å². The van der Waals surface area contributed by atoms with Gasteiger partial charge in [-0.2, -0.15) is 0 Å². The summed E-state index contributed by atoms with van der Waals surface area (Å²) in [6, 6.07) is 21.8. The SMILES string of the molecule is CCC/C(=C\c1ccc(O)c(F)c1)CC[C@H]1OC[C@H]2C1=C(C(C)C)C[C@H]1C(=O)N(c3ccc(Nc4ccccc4)cc3)C(=O)[C@H]12. The molecule has 0 spiro atoms.